The summed E-state index contributed by atoms with van der Waals surface area (Å²) in [5.74, 6) is -0.474. The molecule has 1 aliphatic carbocycles. The Kier molecular flexibility index (Phi) is 7.29. The SMILES string of the molecule is O=C(NC1CCC(C(=O)OCc2ccccc2)CC1)c1cccnc1Oc1ccc(F)cc1. The lowest BCUT2D eigenvalue weighted by Crippen LogP contribution is -2.39. The van der Waals surface area contributed by atoms with Gasteiger partial charge >= 0.3 is 5.97 Å². The van der Waals surface area contributed by atoms with E-state index in [2.05, 4.69) is 10.3 Å². The number of carbonyl (C=O) groups is 2. The zero-order chi connectivity index (χ0) is 23.0. The summed E-state index contributed by atoms with van der Waals surface area (Å²) in [5, 5.41) is 3.02. The van der Waals surface area contributed by atoms with E-state index < -0.39 is 0 Å². The molecule has 2 aromatic carbocycles. The van der Waals surface area contributed by atoms with Crippen molar-refractivity contribution in [1.82, 2.24) is 10.3 Å². The number of benzene rings is 2. The maximum Gasteiger partial charge on any atom is 0.309 e. The number of nitrogens with zero attached hydrogens (tertiary/aromatic N) is 1. The standard InChI is InChI=1S/C26H25FN2O4/c27-20-10-14-22(15-11-20)33-25-23(7-4-16-28-25)24(30)29-21-12-8-19(9-13-21)26(31)32-17-18-5-2-1-3-6-18/h1-7,10-11,14-16,19,21H,8-9,12-13,17H2,(H,29,30). The van der Waals surface area contributed by atoms with Crippen LogP contribution >= 0.6 is 0 Å². The van der Waals surface area contributed by atoms with Gasteiger partial charge in [0, 0.05) is 12.2 Å². The van der Waals surface area contributed by atoms with Crippen molar-refractivity contribution in [1.29, 1.82) is 0 Å². The largest absolute Gasteiger partial charge is 0.461 e. The minimum absolute atomic E-state index is 0.0467. The molecule has 0 atom stereocenters. The second kappa shape index (κ2) is 10.7. The van der Waals surface area contributed by atoms with E-state index >= 15 is 0 Å². The van der Waals surface area contributed by atoms with Crippen LogP contribution in [0.5, 0.6) is 11.6 Å². The van der Waals surface area contributed by atoms with E-state index in [1.807, 2.05) is 30.3 Å². The average Bonchev–Trinajstić information content (AvgIpc) is 2.85. The first-order chi connectivity index (χ1) is 16.1. The van der Waals surface area contributed by atoms with E-state index in [9.17, 15) is 14.0 Å². The fourth-order valence-corrected chi connectivity index (χ4v) is 3.84. The first-order valence-electron chi connectivity index (χ1n) is 11.0. The average molecular weight is 448 g/mol. The van der Waals surface area contributed by atoms with E-state index in [4.69, 9.17) is 9.47 Å². The number of hydrogen-bond acceptors (Lipinski definition) is 5. The molecule has 6 nitrogen and oxygen atoms in total. The van der Waals surface area contributed by atoms with Crippen LogP contribution in [0.2, 0.25) is 0 Å². The molecule has 3 aromatic rings. The van der Waals surface area contributed by atoms with Gasteiger partial charge in [-0.2, -0.15) is 0 Å². The van der Waals surface area contributed by atoms with Crippen LogP contribution in [-0.4, -0.2) is 22.9 Å². The van der Waals surface area contributed by atoms with Crippen molar-refractivity contribution in [3.05, 3.63) is 89.9 Å². The highest BCUT2D eigenvalue weighted by Crippen LogP contribution is 2.27. The third-order valence-electron chi connectivity index (χ3n) is 5.66. The first kappa shape index (κ1) is 22.5. The van der Waals surface area contributed by atoms with Gasteiger partial charge in [-0.25, -0.2) is 9.37 Å². The Morgan fingerprint density at radius 2 is 1.67 bits per heavy atom. The Labute approximate surface area is 191 Å². The molecule has 7 heteroatoms. The van der Waals surface area contributed by atoms with E-state index in [1.165, 1.54) is 30.5 Å². The number of nitrogens with one attached hydrogen (secondary N) is 1. The number of ether oxygens (including phenoxy) is 2. The molecular formula is C26H25FN2O4. The summed E-state index contributed by atoms with van der Waals surface area (Å²) in [6.07, 6.45) is 4.22. The molecule has 0 radical (unpaired) electrons. The summed E-state index contributed by atoms with van der Waals surface area (Å²) in [6.45, 7) is 0.272. The normalized spacial score (nSPS) is 17.7. The molecular weight excluding hydrogens is 423 g/mol. The van der Waals surface area contributed by atoms with E-state index in [0.717, 1.165) is 5.56 Å². The Morgan fingerprint density at radius 1 is 0.939 bits per heavy atom. The number of pyridine rings is 1. The van der Waals surface area contributed by atoms with Gasteiger partial charge in [0.05, 0.1) is 5.92 Å². The van der Waals surface area contributed by atoms with Gasteiger partial charge in [-0.3, -0.25) is 9.59 Å². The number of amides is 1. The van der Waals surface area contributed by atoms with Gasteiger partial charge in [0.2, 0.25) is 5.88 Å². The van der Waals surface area contributed by atoms with Crippen LogP contribution in [0.4, 0.5) is 4.39 Å². The maximum atomic E-state index is 13.1. The summed E-state index contributed by atoms with van der Waals surface area (Å²) in [6, 6.07) is 18.3. The van der Waals surface area contributed by atoms with Crippen LogP contribution in [0.15, 0.2) is 72.9 Å². The molecule has 1 N–H and O–H groups in total. The lowest BCUT2D eigenvalue weighted by Gasteiger charge is -2.28. The van der Waals surface area contributed by atoms with E-state index in [-0.39, 0.29) is 42.1 Å². The quantitative estimate of drug-likeness (QED) is 0.512. The van der Waals surface area contributed by atoms with Crippen LogP contribution in [0.1, 0.15) is 41.6 Å². The monoisotopic (exact) mass is 448 g/mol. The lowest BCUT2D eigenvalue weighted by molar-refractivity contribution is -0.151. The molecule has 1 aromatic heterocycles. The van der Waals surface area contributed by atoms with Crippen LogP contribution in [0, 0.1) is 11.7 Å². The van der Waals surface area contributed by atoms with Crippen molar-refractivity contribution in [3.8, 4) is 11.6 Å². The molecule has 0 bridgehead atoms. The molecule has 0 unspecified atom stereocenters. The Bertz CT molecular complexity index is 1080. The van der Waals surface area contributed by atoms with Crippen molar-refractivity contribution in [2.24, 2.45) is 5.92 Å². The smallest absolute Gasteiger partial charge is 0.309 e. The highest BCUT2D eigenvalue weighted by Gasteiger charge is 2.29. The highest BCUT2D eigenvalue weighted by molar-refractivity contribution is 5.96. The van der Waals surface area contributed by atoms with Gasteiger partial charge in [-0.1, -0.05) is 30.3 Å². The van der Waals surface area contributed by atoms with Gasteiger partial charge in [-0.05, 0) is 67.6 Å². The summed E-state index contributed by atoms with van der Waals surface area (Å²) in [5.41, 5.74) is 1.26. The molecule has 1 saturated carbocycles. The molecule has 33 heavy (non-hydrogen) atoms. The van der Waals surface area contributed by atoms with Crippen molar-refractivity contribution < 1.29 is 23.5 Å². The molecule has 1 amide bonds. The van der Waals surface area contributed by atoms with Crippen LogP contribution in [0.3, 0.4) is 0 Å². The van der Waals surface area contributed by atoms with E-state index in [0.29, 0.717) is 37.0 Å². The number of carbonyl (C=O) groups excluding carboxylic acids is 2. The minimum Gasteiger partial charge on any atom is -0.461 e. The summed E-state index contributed by atoms with van der Waals surface area (Å²) >= 11 is 0. The molecule has 1 heterocycles. The van der Waals surface area contributed by atoms with Crippen LogP contribution in [-0.2, 0) is 16.1 Å². The Morgan fingerprint density at radius 3 is 2.39 bits per heavy atom. The van der Waals surface area contributed by atoms with Crippen molar-refractivity contribution in [2.75, 3.05) is 0 Å². The fraction of sp³-hybridized carbons (Fsp3) is 0.269. The maximum absolute atomic E-state index is 13.1. The first-order valence-corrected chi connectivity index (χ1v) is 11.0. The minimum atomic E-state index is -0.374. The summed E-state index contributed by atoms with van der Waals surface area (Å²) in [7, 11) is 0. The molecule has 170 valence electrons. The highest BCUT2D eigenvalue weighted by atomic mass is 19.1. The summed E-state index contributed by atoms with van der Waals surface area (Å²) < 4.78 is 24.3. The zero-order valence-corrected chi connectivity index (χ0v) is 18.1. The number of aromatic nitrogens is 1. The molecule has 0 spiro atoms. The van der Waals surface area contributed by atoms with Crippen molar-refractivity contribution in [3.63, 3.8) is 0 Å². The molecule has 0 aliphatic heterocycles. The third-order valence-corrected chi connectivity index (χ3v) is 5.66. The topological polar surface area (TPSA) is 77.5 Å². The van der Waals surface area contributed by atoms with Crippen molar-refractivity contribution in [2.45, 2.75) is 38.3 Å². The van der Waals surface area contributed by atoms with E-state index in [1.54, 1.807) is 12.1 Å². The predicted octanol–water partition coefficient (Wildman–Crippen LogP) is 5.05. The Balaban J connectivity index is 1.29. The van der Waals surface area contributed by atoms with Gasteiger partial charge in [0.1, 0.15) is 23.7 Å². The van der Waals surface area contributed by atoms with Gasteiger partial charge in [0.25, 0.3) is 5.91 Å². The molecule has 4 rings (SSSR count). The predicted molar refractivity (Wildman–Crippen MR) is 120 cm³/mol. The van der Waals surface area contributed by atoms with Gasteiger partial charge < -0.3 is 14.8 Å². The fourth-order valence-electron chi connectivity index (χ4n) is 3.84. The van der Waals surface area contributed by atoms with Crippen LogP contribution < -0.4 is 10.1 Å². The number of esters is 1. The molecule has 1 fully saturated rings. The van der Waals surface area contributed by atoms with Gasteiger partial charge in [-0.15, -0.1) is 0 Å². The van der Waals surface area contributed by atoms with Crippen LogP contribution in [0.25, 0.3) is 0 Å². The Hall–Kier alpha value is -3.74. The number of halogens is 1. The molecule has 0 saturated heterocycles. The van der Waals surface area contributed by atoms with Crippen molar-refractivity contribution >= 4 is 11.9 Å². The van der Waals surface area contributed by atoms with Gasteiger partial charge in [0.15, 0.2) is 0 Å². The number of hydrogen-bond donors (Lipinski definition) is 1. The zero-order valence-electron chi connectivity index (χ0n) is 18.1. The third kappa shape index (κ3) is 6.16. The lowest BCUT2D eigenvalue weighted by atomic mass is 9.86. The molecule has 1 aliphatic rings. The second-order valence-corrected chi connectivity index (χ2v) is 8.03. The second-order valence-electron chi connectivity index (χ2n) is 8.03. The number of rotatable bonds is 7. The summed E-state index contributed by atoms with van der Waals surface area (Å²) in [4.78, 5) is 29.4.